The van der Waals surface area contributed by atoms with E-state index in [2.05, 4.69) is 0 Å². The zero-order valence-corrected chi connectivity index (χ0v) is 8.61. The van der Waals surface area contributed by atoms with Crippen LogP contribution in [0, 0.1) is 0 Å². The molecule has 0 bridgehead atoms. The molecule has 0 spiro atoms. The van der Waals surface area contributed by atoms with Gasteiger partial charge in [-0.25, -0.2) is 0 Å². The molecule has 0 aromatic rings. The molecule has 1 radical (unpaired) electrons. The molecule has 0 aliphatic carbocycles. The third-order valence-corrected chi connectivity index (χ3v) is 5.56. The minimum atomic E-state index is -3.49. The molecule has 9 heteroatoms. The molecule has 0 heterocycles. The zero-order valence-electron chi connectivity index (χ0n) is 3.80. The van der Waals surface area contributed by atoms with Crippen LogP contribution in [0.25, 0.3) is 0 Å². The van der Waals surface area contributed by atoms with Crippen molar-refractivity contribution in [2.45, 2.75) is 0 Å². The summed E-state index contributed by atoms with van der Waals surface area (Å²) in [5, 5.41) is 0. The topological polar surface area (TPSA) is 34.1 Å². The summed E-state index contributed by atoms with van der Waals surface area (Å²) in [4.78, 5) is 0. The minimum absolute atomic E-state index is 0.548. The smallest absolute Gasteiger partial charge is 0.301 e. The van der Waals surface area contributed by atoms with Gasteiger partial charge in [0.05, 0.1) is 0 Å². The molecule has 0 saturated heterocycles. The molecular formula is BCl4O2P2. The van der Waals surface area contributed by atoms with Crippen molar-refractivity contribution in [3.05, 3.63) is 0 Å². The molecule has 0 fully saturated rings. The predicted molar refractivity (Wildman–Crippen MR) is 44.4 cm³/mol. The fraction of sp³-hybridized carbons (Fsp3) is 0. The highest BCUT2D eigenvalue weighted by Crippen LogP contribution is 2.69. The maximum absolute atomic E-state index is 10.4. The van der Waals surface area contributed by atoms with E-state index < -0.39 is 11.5 Å². The van der Waals surface area contributed by atoms with E-state index in [1.54, 1.807) is 0 Å². The van der Waals surface area contributed by atoms with Crippen molar-refractivity contribution in [3.8, 4) is 0 Å². The zero-order chi connectivity index (χ0) is 7.71. The average Bonchev–Trinajstić information content (AvgIpc) is 1.14. The van der Waals surface area contributed by atoms with Crippen LogP contribution in [0.5, 0.6) is 0 Å². The van der Waals surface area contributed by atoms with E-state index in [1.807, 2.05) is 0 Å². The quantitative estimate of drug-likeness (QED) is 0.548. The van der Waals surface area contributed by atoms with Gasteiger partial charge in [-0.3, -0.25) is 0 Å². The van der Waals surface area contributed by atoms with Crippen LogP contribution in [0.3, 0.4) is 0 Å². The molecule has 0 rings (SSSR count). The SMILES string of the molecule is O=P(Cl)(Cl)[B]P(=O)(Cl)Cl. The van der Waals surface area contributed by atoms with Crippen molar-refractivity contribution in [1.82, 2.24) is 0 Å². The Hall–Kier alpha value is 1.68. The van der Waals surface area contributed by atoms with Crippen LogP contribution in [0.15, 0.2) is 0 Å². The van der Waals surface area contributed by atoms with Crippen LogP contribution in [-0.2, 0) is 9.13 Å². The van der Waals surface area contributed by atoms with Crippen molar-refractivity contribution in [2.75, 3.05) is 0 Å². The first-order chi connectivity index (χ1) is 3.71. The van der Waals surface area contributed by atoms with Crippen LogP contribution < -0.4 is 0 Å². The first-order valence-corrected chi connectivity index (χ1v) is 8.73. The van der Waals surface area contributed by atoms with Gasteiger partial charge in [-0.05, 0) is 45.0 Å². The van der Waals surface area contributed by atoms with Crippen molar-refractivity contribution >= 4 is 63.1 Å². The van der Waals surface area contributed by atoms with E-state index in [-0.39, 0.29) is 0 Å². The Morgan fingerprint density at radius 3 is 1.11 bits per heavy atom. The van der Waals surface area contributed by atoms with Gasteiger partial charge in [0.1, 0.15) is 0 Å². The van der Waals surface area contributed by atoms with E-state index in [9.17, 15) is 9.13 Å². The molecule has 53 valence electrons. The summed E-state index contributed by atoms with van der Waals surface area (Å²) >= 11 is 19.8. The van der Waals surface area contributed by atoms with Crippen LogP contribution in [0.1, 0.15) is 0 Å². The Bertz CT molecular complexity index is 157. The van der Waals surface area contributed by atoms with Crippen LogP contribution >= 0.6 is 56.4 Å². The van der Waals surface area contributed by atoms with Crippen molar-refractivity contribution in [2.24, 2.45) is 0 Å². The van der Waals surface area contributed by atoms with Gasteiger partial charge >= 0.3 is 6.72 Å². The Kier molecular flexibility index (Phi) is 4.02. The highest BCUT2D eigenvalue weighted by atomic mass is 35.9. The lowest BCUT2D eigenvalue weighted by Crippen LogP contribution is -1.74. The molecular weight excluding hydrogens is 247 g/mol. The molecule has 9 heavy (non-hydrogen) atoms. The minimum Gasteiger partial charge on any atom is -0.301 e. The first kappa shape index (κ1) is 10.7. The lowest BCUT2D eigenvalue weighted by atomic mass is 10.7. The number of hydrogen-bond acceptors (Lipinski definition) is 2. The molecule has 0 amide bonds. The third kappa shape index (κ3) is 9.68. The highest BCUT2D eigenvalue weighted by Gasteiger charge is 2.30. The van der Waals surface area contributed by atoms with E-state index in [4.69, 9.17) is 45.0 Å². The normalized spacial score (nSPS) is 13.3. The summed E-state index contributed by atoms with van der Waals surface area (Å²) in [6, 6.07) is 0. The van der Waals surface area contributed by atoms with Gasteiger partial charge in [0.2, 0.25) is 11.5 Å². The summed E-state index contributed by atoms with van der Waals surface area (Å²) in [6.07, 6.45) is 0. The standard InChI is InChI=1S/BCl4O2P2/c2-8(3,6)1-9(4,5)7. The van der Waals surface area contributed by atoms with Gasteiger partial charge in [-0.15, -0.1) is 0 Å². The molecule has 2 nitrogen and oxygen atoms in total. The van der Waals surface area contributed by atoms with E-state index in [0.29, 0.717) is 6.72 Å². The Labute approximate surface area is 72.2 Å². The maximum atomic E-state index is 10.4. The average molecular weight is 247 g/mol. The van der Waals surface area contributed by atoms with E-state index >= 15 is 0 Å². The van der Waals surface area contributed by atoms with Crippen molar-refractivity contribution in [3.63, 3.8) is 0 Å². The van der Waals surface area contributed by atoms with Gasteiger partial charge in [-0.2, -0.15) is 0 Å². The van der Waals surface area contributed by atoms with Gasteiger partial charge in [-0.1, -0.05) is 0 Å². The summed E-state index contributed by atoms with van der Waals surface area (Å²) in [5.74, 6) is 0. The number of hydrogen-bond donors (Lipinski definition) is 0. The molecule has 0 unspecified atom stereocenters. The van der Waals surface area contributed by atoms with Crippen LogP contribution in [0.2, 0.25) is 0 Å². The molecule has 0 saturated carbocycles. The third-order valence-electron chi connectivity index (χ3n) is 0.269. The number of rotatable bonds is 2. The van der Waals surface area contributed by atoms with Crippen molar-refractivity contribution in [1.29, 1.82) is 0 Å². The van der Waals surface area contributed by atoms with Crippen LogP contribution in [0.4, 0.5) is 0 Å². The maximum Gasteiger partial charge on any atom is 0.360 e. The molecule has 0 aromatic carbocycles. The second-order valence-corrected chi connectivity index (χ2v) is 11.1. The molecule has 0 aliphatic heterocycles. The predicted octanol–water partition coefficient (Wildman–Crippen LogP) is 3.86. The monoisotopic (exact) mass is 245 g/mol. The second kappa shape index (κ2) is 3.39. The summed E-state index contributed by atoms with van der Waals surface area (Å²) in [7, 11) is 0. The first-order valence-electron chi connectivity index (χ1n) is 1.56. The fourth-order valence-corrected chi connectivity index (χ4v) is 7.44. The summed E-state index contributed by atoms with van der Waals surface area (Å²) < 4.78 is 20.7. The van der Waals surface area contributed by atoms with Gasteiger partial charge in [0.15, 0.2) is 0 Å². The highest BCUT2D eigenvalue weighted by molar-refractivity contribution is 8.48. The summed E-state index contributed by atoms with van der Waals surface area (Å²) in [6.45, 7) is 0.548. The largest absolute Gasteiger partial charge is 0.360 e. The fourth-order valence-electron chi connectivity index (χ4n) is 0.156. The van der Waals surface area contributed by atoms with Crippen molar-refractivity contribution < 1.29 is 9.13 Å². The summed E-state index contributed by atoms with van der Waals surface area (Å²) in [5.41, 5.74) is -6.99. The molecule has 0 aromatic heterocycles. The molecule has 0 aliphatic rings. The van der Waals surface area contributed by atoms with Gasteiger partial charge in [0, 0.05) is 0 Å². The van der Waals surface area contributed by atoms with E-state index in [0.717, 1.165) is 0 Å². The van der Waals surface area contributed by atoms with Crippen LogP contribution in [-0.4, -0.2) is 6.72 Å². The lowest BCUT2D eigenvalue weighted by Gasteiger charge is -1.97. The molecule has 0 atom stereocenters. The van der Waals surface area contributed by atoms with Gasteiger partial charge in [0.25, 0.3) is 0 Å². The Balaban J connectivity index is 4.07. The molecule has 0 N–H and O–H groups in total. The Morgan fingerprint density at radius 1 is 0.889 bits per heavy atom. The second-order valence-electron chi connectivity index (χ2n) is 1.12. The number of halogens is 4. The lowest BCUT2D eigenvalue weighted by molar-refractivity contribution is 0.598. The van der Waals surface area contributed by atoms with E-state index in [1.165, 1.54) is 0 Å². The Morgan fingerprint density at radius 2 is 1.11 bits per heavy atom. The van der Waals surface area contributed by atoms with Gasteiger partial charge < -0.3 is 9.13 Å².